The first-order chi connectivity index (χ1) is 12.5. The molecule has 1 aromatic rings. The van der Waals surface area contributed by atoms with Gasteiger partial charge in [-0.15, -0.1) is 0 Å². The molecule has 1 heterocycles. The molecule has 26 heavy (non-hydrogen) atoms. The lowest BCUT2D eigenvalue weighted by molar-refractivity contribution is -0.137. The van der Waals surface area contributed by atoms with E-state index in [0.717, 1.165) is 6.42 Å². The third kappa shape index (κ3) is 4.17. The number of ketones is 1. The fourth-order valence-corrected chi connectivity index (χ4v) is 2.49. The van der Waals surface area contributed by atoms with Crippen LogP contribution < -0.4 is 14.2 Å². The molecule has 0 aromatic heterocycles. The maximum absolute atomic E-state index is 12.8. The van der Waals surface area contributed by atoms with Gasteiger partial charge in [0.25, 0.3) is 0 Å². The molecule has 0 atom stereocenters. The summed E-state index contributed by atoms with van der Waals surface area (Å²) in [4.78, 5) is 25.0. The summed E-state index contributed by atoms with van der Waals surface area (Å²) in [5.74, 6) is 0.101. The van der Waals surface area contributed by atoms with Crippen LogP contribution in [0.2, 0.25) is 0 Å². The van der Waals surface area contributed by atoms with Crippen LogP contribution in [0.5, 0.6) is 17.2 Å². The summed E-state index contributed by atoms with van der Waals surface area (Å²) in [5, 5.41) is 0. The summed E-state index contributed by atoms with van der Waals surface area (Å²) in [6, 6.07) is 3.26. The third-order valence-electron chi connectivity index (χ3n) is 3.85. The largest absolute Gasteiger partial charge is 0.496 e. The van der Waals surface area contributed by atoms with E-state index < -0.39 is 11.8 Å². The van der Waals surface area contributed by atoms with Crippen LogP contribution in [0, 0.1) is 0 Å². The molecule has 140 valence electrons. The summed E-state index contributed by atoms with van der Waals surface area (Å²) in [6.45, 7) is 0.432. The number of carbonyl (C=O) groups is 2. The van der Waals surface area contributed by atoms with E-state index in [4.69, 9.17) is 23.7 Å². The van der Waals surface area contributed by atoms with E-state index in [1.807, 2.05) is 0 Å². The highest BCUT2D eigenvalue weighted by atomic mass is 16.5. The van der Waals surface area contributed by atoms with Gasteiger partial charge < -0.3 is 23.7 Å². The lowest BCUT2D eigenvalue weighted by atomic mass is 10.0. The van der Waals surface area contributed by atoms with Gasteiger partial charge >= 0.3 is 5.97 Å². The van der Waals surface area contributed by atoms with E-state index in [9.17, 15) is 9.59 Å². The van der Waals surface area contributed by atoms with Crippen molar-refractivity contribution >= 4 is 17.8 Å². The quantitative estimate of drug-likeness (QED) is 0.319. The van der Waals surface area contributed by atoms with Gasteiger partial charge in [-0.25, -0.2) is 4.79 Å². The van der Waals surface area contributed by atoms with Crippen LogP contribution >= 0.6 is 0 Å². The molecule has 0 saturated carbocycles. The maximum atomic E-state index is 12.8. The van der Waals surface area contributed by atoms with Crippen LogP contribution in [0.25, 0.3) is 6.08 Å². The van der Waals surface area contributed by atoms with E-state index in [1.165, 1.54) is 34.5 Å². The lowest BCUT2D eigenvalue weighted by Gasteiger charge is -2.16. The summed E-state index contributed by atoms with van der Waals surface area (Å²) < 4.78 is 26.1. The molecule has 0 aliphatic carbocycles. The number of esters is 1. The number of Topliss-reactive ketones (excluding diaryl/α,β-unsaturated/α-hetero) is 1. The molecular formula is C19H22O7. The first-order valence-corrected chi connectivity index (χ1v) is 8.03. The van der Waals surface area contributed by atoms with E-state index in [0.29, 0.717) is 35.8 Å². The fraction of sp³-hybridized carbons (Fsp3) is 0.368. The van der Waals surface area contributed by atoms with E-state index >= 15 is 0 Å². The summed E-state index contributed by atoms with van der Waals surface area (Å²) in [6.07, 6.45) is 4.59. The molecule has 1 aliphatic rings. The second-order valence-electron chi connectivity index (χ2n) is 5.38. The Morgan fingerprint density at radius 2 is 1.69 bits per heavy atom. The topological polar surface area (TPSA) is 80.3 Å². The van der Waals surface area contributed by atoms with Gasteiger partial charge in [0.15, 0.2) is 5.76 Å². The molecule has 7 nitrogen and oxygen atoms in total. The first kappa shape index (κ1) is 19.4. The molecular weight excluding hydrogens is 340 g/mol. The molecule has 1 aliphatic heterocycles. The van der Waals surface area contributed by atoms with Crippen molar-refractivity contribution in [2.45, 2.75) is 12.8 Å². The van der Waals surface area contributed by atoms with Crippen molar-refractivity contribution in [1.29, 1.82) is 0 Å². The predicted octanol–water partition coefficient (Wildman–Crippen LogP) is 2.53. The molecule has 0 bridgehead atoms. The number of ether oxygens (including phenoxy) is 5. The lowest BCUT2D eigenvalue weighted by Crippen LogP contribution is -2.19. The molecule has 0 radical (unpaired) electrons. The molecule has 0 saturated heterocycles. The van der Waals surface area contributed by atoms with Gasteiger partial charge in [0.05, 0.1) is 40.6 Å². The predicted molar refractivity (Wildman–Crippen MR) is 94.4 cm³/mol. The van der Waals surface area contributed by atoms with Crippen LogP contribution in [-0.4, -0.2) is 46.8 Å². The van der Waals surface area contributed by atoms with Gasteiger partial charge in [-0.2, -0.15) is 0 Å². The Morgan fingerprint density at radius 3 is 2.15 bits per heavy atom. The normalized spacial score (nSPS) is 14.0. The number of carbonyl (C=O) groups excluding carboxylic acids is 2. The minimum Gasteiger partial charge on any atom is -0.496 e. The summed E-state index contributed by atoms with van der Waals surface area (Å²) in [7, 11) is 5.66. The van der Waals surface area contributed by atoms with Crippen molar-refractivity contribution < 1.29 is 33.3 Å². The molecule has 7 heteroatoms. The first-order valence-electron chi connectivity index (χ1n) is 8.03. The molecule has 1 aromatic carbocycles. The Kier molecular flexibility index (Phi) is 6.66. The van der Waals surface area contributed by atoms with Crippen molar-refractivity contribution in [3.8, 4) is 17.2 Å². The Hall–Kier alpha value is -2.96. The highest BCUT2D eigenvalue weighted by Gasteiger charge is 2.26. The zero-order valence-electron chi connectivity index (χ0n) is 15.3. The minimum absolute atomic E-state index is 0.138. The van der Waals surface area contributed by atoms with Gasteiger partial charge in [-0.1, -0.05) is 0 Å². The van der Waals surface area contributed by atoms with Gasteiger partial charge in [0, 0.05) is 12.1 Å². The van der Waals surface area contributed by atoms with Crippen molar-refractivity contribution in [2.75, 3.05) is 35.0 Å². The zero-order valence-corrected chi connectivity index (χ0v) is 15.3. The summed E-state index contributed by atoms with van der Waals surface area (Å²) >= 11 is 0. The van der Waals surface area contributed by atoms with Gasteiger partial charge in [0.1, 0.15) is 22.8 Å². The van der Waals surface area contributed by atoms with Crippen molar-refractivity contribution in [3.05, 3.63) is 35.1 Å². The smallest absolute Gasteiger partial charge is 0.342 e. The highest BCUT2D eigenvalue weighted by Crippen LogP contribution is 2.36. The molecule has 0 amide bonds. The van der Waals surface area contributed by atoms with Gasteiger partial charge in [0.2, 0.25) is 5.78 Å². The monoisotopic (exact) mass is 362 g/mol. The highest BCUT2D eigenvalue weighted by molar-refractivity contribution is 6.26. The van der Waals surface area contributed by atoms with Gasteiger partial charge in [-0.3, -0.25) is 4.79 Å². The molecule has 0 N–H and O–H groups in total. The number of benzene rings is 1. The number of hydrogen-bond acceptors (Lipinski definition) is 7. The third-order valence-corrected chi connectivity index (χ3v) is 3.85. The standard InChI is InChI=1S/C19H22O7/c1-22-12-9-16(23-2)13(17(10-12)24-3)11-14(19(21)25-4)18(20)15-7-5-6-8-26-15/h7,9-11H,5-6,8H2,1-4H3/b14-11+. The van der Waals surface area contributed by atoms with Crippen LogP contribution in [-0.2, 0) is 19.1 Å². The zero-order chi connectivity index (χ0) is 19.1. The number of rotatable bonds is 7. The summed E-state index contributed by atoms with van der Waals surface area (Å²) in [5.41, 5.74) is 0.239. The number of methoxy groups -OCH3 is 4. The van der Waals surface area contributed by atoms with Crippen molar-refractivity contribution in [2.24, 2.45) is 0 Å². The fourth-order valence-electron chi connectivity index (χ4n) is 2.49. The Morgan fingerprint density at radius 1 is 1.04 bits per heavy atom. The number of hydrogen-bond donors (Lipinski definition) is 0. The van der Waals surface area contributed by atoms with E-state index in [-0.39, 0.29) is 11.3 Å². The average Bonchev–Trinajstić information content (AvgIpc) is 2.70. The van der Waals surface area contributed by atoms with E-state index in [2.05, 4.69) is 0 Å². The molecule has 2 rings (SSSR count). The van der Waals surface area contributed by atoms with Crippen LogP contribution in [0.1, 0.15) is 18.4 Å². The Labute approximate surface area is 152 Å². The van der Waals surface area contributed by atoms with E-state index in [1.54, 1.807) is 18.2 Å². The van der Waals surface area contributed by atoms with Crippen LogP contribution in [0.15, 0.2) is 29.5 Å². The second-order valence-corrected chi connectivity index (χ2v) is 5.38. The van der Waals surface area contributed by atoms with Crippen molar-refractivity contribution in [1.82, 2.24) is 0 Å². The SMILES string of the molecule is COC(=O)/C(=C/c1c(OC)cc(OC)cc1OC)C(=O)C1=CCCCO1. The maximum Gasteiger partial charge on any atom is 0.342 e. The van der Waals surface area contributed by atoms with Crippen molar-refractivity contribution in [3.63, 3.8) is 0 Å². The van der Waals surface area contributed by atoms with Crippen LogP contribution in [0.3, 0.4) is 0 Å². The minimum atomic E-state index is -0.773. The Bertz CT molecular complexity index is 721. The van der Waals surface area contributed by atoms with Gasteiger partial charge in [-0.05, 0) is 25.0 Å². The molecule has 0 spiro atoms. The second kappa shape index (κ2) is 8.94. The molecule has 0 unspecified atom stereocenters. The molecule has 0 fully saturated rings. The number of allylic oxidation sites excluding steroid dienone is 2. The van der Waals surface area contributed by atoms with Crippen LogP contribution in [0.4, 0.5) is 0 Å². The Balaban J connectivity index is 2.58. The average molecular weight is 362 g/mol.